The molecule has 0 spiro atoms. The van der Waals surface area contributed by atoms with Crippen molar-refractivity contribution in [1.29, 1.82) is 0 Å². The molecule has 0 bridgehead atoms. The topological polar surface area (TPSA) is 29.3 Å². The van der Waals surface area contributed by atoms with E-state index in [2.05, 4.69) is 18.9 Å². The molecule has 0 heterocycles. The van der Waals surface area contributed by atoms with Crippen LogP contribution in [-0.4, -0.2) is 31.1 Å². The summed E-state index contributed by atoms with van der Waals surface area (Å²) in [6.45, 7) is 4.54. The quantitative estimate of drug-likeness (QED) is 0.771. The average molecular weight is 210 g/mol. The highest BCUT2D eigenvalue weighted by atomic mass is 15.1. The van der Waals surface area contributed by atoms with E-state index in [1.54, 1.807) is 0 Å². The molecule has 0 saturated heterocycles. The highest BCUT2D eigenvalue weighted by molar-refractivity contribution is 4.97. The second kappa shape index (κ2) is 4.42. The molecular weight excluding hydrogens is 184 g/mol. The van der Waals surface area contributed by atoms with E-state index < -0.39 is 0 Å². The zero-order valence-electron chi connectivity index (χ0n) is 10.3. The van der Waals surface area contributed by atoms with E-state index >= 15 is 0 Å². The second-order valence-electron chi connectivity index (χ2n) is 5.95. The first kappa shape index (κ1) is 11.4. The van der Waals surface area contributed by atoms with Crippen molar-refractivity contribution in [3.63, 3.8) is 0 Å². The van der Waals surface area contributed by atoms with Crippen LogP contribution in [0.5, 0.6) is 0 Å². The molecule has 2 saturated carbocycles. The molecule has 15 heavy (non-hydrogen) atoms. The first-order chi connectivity index (χ1) is 7.17. The Balaban J connectivity index is 1.86. The summed E-state index contributed by atoms with van der Waals surface area (Å²) in [5.41, 5.74) is 6.36. The maximum atomic E-state index is 5.85. The lowest BCUT2D eigenvalue weighted by Gasteiger charge is -2.38. The highest BCUT2D eigenvalue weighted by Crippen LogP contribution is 2.45. The van der Waals surface area contributed by atoms with Crippen LogP contribution in [0.1, 0.15) is 45.4 Å². The van der Waals surface area contributed by atoms with Crippen molar-refractivity contribution in [2.75, 3.05) is 20.1 Å². The van der Waals surface area contributed by atoms with Crippen LogP contribution in [0.25, 0.3) is 0 Å². The van der Waals surface area contributed by atoms with Crippen LogP contribution in [0, 0.1) is 11.3 Å². The molecule has 2 fully saturated rings. The van der Waals surface area contributed by atoms with Gasteiger partial charge >= 0.3 is 0 Å². The van der Waals surface area contributed by atoms with Crippen molar-refractivity contribution >= 4 is 0 Å². The molecule has 0 aromatic rings. The normalized spacial score (nSPS) is 34.4. The summed E-state index contributed by atoms with van der Waals surface area (Å²) in [6, 6.07) is 0.822. The van der Waals surface area contributed by atoms with Gasteiger partial charge in [-0.15, -0.1) is 0 Å². The Morgan fingerprint density at radius 2 is 1.93 bits per heavy atom. The van der Waals surface area contributed by atoms with Crippen LogP contribution >= 0.6 is 0 Å². The van der Waals surface area contributed by atoms with Crippen LogP contribution in [0.15, 0.2) is 0 Å². The van der Waals surface area contributed by atoms with Gasteiger partial charge in [0.05, 0.1) is 0 Å². The Labute approximate surface area is 94.2 Å². The summed E-state index contributed by atoms with van der Waals surface area (Å²) in [7, 11) is 2.31. The summed E-state index contributed by atoms with van der Waals surface area (Å²) in [5.74, 6) is 0.886. The van der Waals surface area contributed by atoms with Crippen LogP contribution in [0.2, 0.25) is 0 Å². The zero-order valence-corrected chi connectivity index (χ0v) is 10.3. The van der Waals surface area contributed by atoms with Crippen molar-refractivity contribution in [2.24, 2.45) is 17.1 Å². The van der Waals surface area contributed by atoms with E-state index in [0.29, 0.717) is 5.41 Å². The molecule has 0 aromatic carbocycles. The average Bonchev–Trinajstić information content (AvgIpc) is 2.99. The molecule has 0 amide bonds. The fourth-order valence-electron chi connectivity index (χ4n) is 3.20. The highest BCUT2D eigenvalue weighted by Gasteiger charge is 2.43. The molecule has 2 aliphatic carbocycles. The zero-order chi connectivity index (χ0) is 10.9. The third kappa shape index (κ3) is 2.54. The lowest BCUT2D eigenvalue weighted by molar-refractivity contribution is 0.117. The third-order valence-electron chi connectivity index (χ3n) is 4.61. The molecular formula is C13H26N2. The molecule has 2 N–H and O–H groups in total. The van der Waals surface area contributed by atoms with Gasteiger partial charge in [0, 0.05) is 12.6 Å². The summed E-state index contributed by atoms with van der Waals surface area (Å²) < 4.78 is 0. The summed E-state index contributed by atoms with van der Waals surface area (Å²) in [5, 5.41) is 0. The number of nitrogens with zero attached hydrogens (tertiary/aromatic N) is 1. The van der Waals surface area contributed by atoms with Crippen molar-refractivity contribution < 1.29 is 0 Å². The maximum absolute atomic E-state index is 5.85. The molecule has 88 valence electrons. The lowest BCUT2D eigenvalue weighted by atomic mass is 9.84. The molecule has 0 radical (unpaired) electrons. The van der Waals surface area contributed by atoms with Gasteiger partial charge in [-0.25, -0.2) is 0 Å². The fourth-order valence-corrected chi connectivity index (χ4v) is 3.20. The first-order valence-electron chi connectivity index (χ1n) is 6.57. The Kier molecular flexibility index (Phi) is 3.36. The smallest absolute Gasteiger partial charge is 0.0118 e. The van der Waals surface area contributed by atoms with Gasteiger partial charge in [0.15, 0.2) is 0 Å². The minimum absolute atomic E-state index is 0.506. The molecule has 2 rings (SSSR count). The van der Waals surface area contributed by atoms with E-state index in [9.17, 15) is 0 Å². The SMILES string of the molecule is CC1CCCCC1N(C)CC1(CN)CC1. The minimum atomic E-state index is 0.506. The van der Waals surface area contributed by atoms with E-state index in [1.165, 1.54) is 45.1 Å². The molecule has 0 aliphatic heterocycles. The molecule has 2 unspecified atom stereocenters. The van der Waals surface area contributed by atoms with Gasteiger partial charge < -0.3 is 10.6 Å². The second-order valence-corrected chi connectivity index (χ2v) is 5.95. The Hall–Kier alpha value is -0.0800. The predicted molar refractivity (Wildman–Crippen MR) is 64.8 cm³/mol. The van der Waals surface area contributed by atoms with Crippen molar-refractivity contribution in [2.45, 2.75) is 51.5 Å². The Morgan fingerprint density at radius 3 is 2.47 bits per heavy atom. The molecule has 2 nitrogen and oxygen atoms in total. The van der Waals surface area contributed by atoms with Gasteiger partial charge in [-0.1, -0.05) is 19.8 Å². The largest absolute Gasteiger partial charge is 0.330 e. The predicted octanol–water partition coefficient (Wildman–Crippen LogP) is 2.24. The van der Waals surface area contributed by atoms with Gasteiger partial charge in [-0.3, -0.25) is 0 Å². The number of nitrogens with two attached hydrogens (primary N) is 1. The maximum Gasteiger partial charge on any atom is 0.0118 e. The molecule has 0 aromatic heterocycles. The van der Waals surface area contributed by atoms with Crippen LogP contribution in [0.4, 0.5) is 0 Å². The van der Waals surface area contributed by atoms with E-state index in [4.69, 9.17) is 5.73 Å². The summed E-state index contributed by atoms with van der Waals surface area (Å²) >= 11 is 0. The van der Waals surface area contributed by atoms with E-state index in [1.807, 2.05) is 0 Å². The van der Waals surface area contributed by atoms with Crippen LogP contribution in [0.3, 0.4) is 0 Å². The van der Waals surface area contributed by atoms with Crippen molar-refractivity contribution in [3.05, 3.63) is 0 Å². The number of hydrogen-bond donors (Lipinski definition) is 1. The molecule has 2 heteroatoms. The summed E-state index contributed by atoms with van der Waals surface area (Å²) in [6.07, 6.45) is 8.40. The number of hydrogen-bond acceptors (Lipinski definition) is 2. The fraction of sp³-hybridized carbons (Fsp3) is 1.00. The van der Waals surface area contributed by atoms with E-state index in [-0.39, 0.29) is 0 Å². The van der Waals surface area contributed by atoms with Gasteiger partial charge in [0.25, 0.3) is 0 Å². The van der Waals surface area contributed by atoms with Crippen molar-refractivity contribution in [3.8, 4) is 0 Å². The van der Waals surface area contributed by atoms with Gasteiger partial charge in [0.1, 0.15) is 0 Å². The third-order valence-corrected chi connectivity index (χ3v) is 4.61. The lowest BCUT2D eigenvalue weighted by Crippen LogP contribution is -2.43. The molecule has 2 atom stereocenters. The monoisotopic (exact) mass is 210 g/mol. The van der Waals surface area contributed by atoms with Crippen LogP contribution in [-0.2, 0) is 0 Å². The van der Waals surface area contributed by atoms with Gasteiger partial charge in [-0.2, -0.15) is 0 Å². The van der Waals surface area contributed by atoms with Gasteiger partial charge in [0.2, 0.25) is 0 Å². The number of rotatable bonds is 4. The summed E-state index contributed by atoms with van der Waals surface area (Å²) in [4.78, 5) is 2.60. The molecule has 2 aliphatic rings. The Bertz CT molecular complexity index is 211. The minimum Gasteiger partial charge on any atom is -0.330 e. The van der Waals surface area contributed by atoms with Crippen molar-refractivity contribution in [1.82, 2.24) is 4.90 Å². The standard InChI is InChI=1S/C13H26N2/c1-11-5-3-4-6-12(11)15(2)10-13(9-14)7-8-13/h11-12H,3-10,14H2,1-2H3. The van der Waals surface area contributed by atoms with Crippen LogP contribution < -0.4 is 5.73 Å². The Morgan fingerprint density at radius 1 is 1.27 bits per heavy atom. The van der Waals surface area contributed by atoms with E-state index in [0.717, 1.165) is 18.5 Å². The van der Waals surface area contributed by atoms with Gasteiger partial charge in [-0.05, 0) is 50.6 Å². The first-order valence-corrected chi connectivity index (χ1v) is 6.57.